The molecule has 0 fully saturated rings. The molecule has 7 N–H and O–H groups in total. The second kappa shape index (κ2) is 30.6. The zero-order chi connectivity index (χ0) is 35.2. The van der Waals surface area contributed by atoms with Gasteiger partial charge in [-0.15, -0.1) is 0 Å². The molecule has 0 radical (unpaired) electrons. The van der Waals surface area contributed by atoms with Crippen molar-refractivity contribution in [1.82, 2.24) is 10.6 Å². The molecule has 7 atom stereocenters. The first-order chi connectivity index (χ1) is 23.3. The van der Waals surface area contributed by atoms with E-state index in [0.29, 0.717) is 13.0 Å². The molecule has 7 unspecified atom stereocenters. The summed E-state index contributed by atoms with van der Waals surface area (Å²) in [5, 5.41) is 56.9. The molecule has 0 bridgehead atoms. The largest absolute Gasteiger partial charge is 0.450 e. The van der Waals surface area contributed by atoms with E-state index in [1.165, 1.54) is 122 Å². The van der Waals surface area contributed by atoms with Gasteiger partial charge in [-0.2, -0.15) is 0 Å². The fourth-order valence-corrected chi connectivity index (χ4v) is 6.47. The smallest absolute Gasteiger partial charge is 0.407 e. The van der Waals surface area contributed by atoms with Crippen LogP contribution in [0.3, 0.4) is 0 Å². The molecule has 284 valence electrons. The highest BCUT2D eigenvalue weighted by molar-refractivity contribution is 5.67. The number of unbranched alkanes of at least 4 members (excludes halogenated alkanes) is 21. The molecular weight excluding hydrogens is 608 g/mol. The van der Waals surface area contributed by atoms with E-state index < -0.39 is 48.7 Å². The van der Waals surface area contributed by atoms with Crippen LogP contribution in [0, 0.1) is 0 Å². The number of carbonyl (C=O) groups excluding carboxylic acids is 1. The first-order valence-electron chi connectivity index (χ1n) is 20.0. The van der Waals surface area contributed by atoms with Crippen molar-refractivity contribution in [2.75, 3.05) is 13.2 Å². The molecule has 9 heteroatoms. The molecule has 0 spiro atoms. The van der Waals surface area contributed by atoms with Crippen molar-refractivity contribution >= 4 is 6.09 Å². The summed E-state index contributed by atoms with van der Waals surface area (Å²) in [6.07, 6.45) is 27.2. The molecule has 1 aliphatic rings. The summed E-state index contributed by atoms with van der Waals surface area (Å²) in [7, 11) is 0. The van der Waals surface area contributed by atoms with Crippen molar-refractivity contribution in [3.63, 3.8) is 0 Å². The molecule has 0 heterocycles. The number of rotatable bonds is 31. The van der Waals surface area contributed by atoms with Gasteiger partial charge in [0.2, 0.25) is 0 Å². The molecule has 1 amide bonds. The van der Waals surface area contributed by atoms with Crippen molar-refractivity contribution < 1.29 is 35.1 Å². The molecule has 1 aliphatic carbocycles. The molecule has 0 saturated heterocycles. The van der Waals surface area contributed by atoms with Crippen LogP contribution in [0.15, 0.2) is 12.2 Å². The van der Waals surface area contributed by atoms with Crippen LogP contribution in [-0.2, 0) is 4.74 Å². The van der Waals surface area contributed by atoms with Gasteiger partial charge in [0.1, 0.15) is 12.2 Å². The first-order valence-corrected chi connectivity index (χ1v) is 20.0. The molecule has 1 rings (SSSR count). The van der Waals surface area contributed by atoms with E-state index in [-0.39, 0.29) is 19.4 Å². The average Bonchev–Trinajstić information content (AvgIpc) is 3.19. The van der Waals surface area contributed by atoms with Crippen molar-refractivity contribution in [1.29, 1.82) is 0 Å². The van der Waals surface area contributed by atoms with Gasteiger partial charge in [0.25, 0.3) is 0 Å². The second-order valence-corrected chi connectivity index (χ2v) is 14.3. The summed E-state index contributed by atoms with van der Waals surface area (Å²) in [5.74, 6) is 0. The molecule has 0 aromatic carbocycles. The predicted octanol–water partition coefficient (Wildman–Crippen LogP) is 7.21. The maximum atomic E-state index is 12.5. The van der Waals surface area contributed by atoms with Gasteiger partial charge >= 0.3 is 6.09 Å². The Bertz CT molecular complexity index is 771. The van der Waals surface area contributed by atoms with E-state index in [1.54, 1.807) is 12.2 Å². The van der Waals surface area contributed by atoms with Crippen molar-refractivity contribution in [3.8, 4) is 0 Å². The van der Waals surface area contributed by atoms with Gasteiger partial charge < -0.3 is 40.9 Å². The highest BCUT2D eigenvalue weighted by atomic mass is 16.5. The van der Waals surface area contributed by atoms with Crippen LogP contribution < -0.4 is 10.6 Å². The van der Waals surface area contributed by atoms with Crippen LogP contribution in [0.5, 0.6) is 0 Å². The average molecular weight is 685 g/mol. The maximum Gasteiger partial charge on any atom is 0.407 e. The van der Waals surface area contributed by atoms with Crippen LogP contribution >= 0.6 is 0 Å². The lowest BCUT2D eigenvalue weighted by atomic mass is 10.0. The molecule has 0 aliphatic heterocycles. The second-order valence-electron chi connectivity index (χ2n) is 14.3. The third kappa shape index (κ3) is 23.2. The molecule has 0 saturated carbocycles. The molecule has 9 nitrogen and oxygen atoms in total. The van der Waals surface area contributed by atoms with Crippen LogP contribution in [0.1, 0.15) is 174 Å². The Morgan fingerprint density at radius 3 is 1.62 bits per heavy atom. The number of amides is 1. The topological polar surface area (TPSA) is 152 Å². The summed E-state index contributed by atoms with van der Waals surface area (Å²) in [5.41, 5.74) is 0. The summed E-state index contributed by atoms with van der Waals surface area (Å²) < 4.78 is 5.37. The number of alkyl carbamates (subject to hydrolysis) is 1. The third-order valence-electron chi connectivity index (χ3n) is 9.89. The van der Waals surface area contributed by atoms with E-state index in [4.69, 9.17) is 4.74 Å². The summed E-state index contributed by atoms with van der Waals surface area (Å²) in [6, 6.07) is -1.46. The minimum Gasteiger partial charge on any atom is -0.450 e. The molecule has 0 aromatic heterocycles. The summed E-state index contributed by atoms with van der Waals surface area (Å²) in [4.78, 5) is 12.5. The lowest BCUT2D eigenvalue weighted by Gasteiger charge is -2.30. The summed E-state index contributed by atoms with van der Waals surface area (Å²) >= 11 is 0. The quantitative estimate of drug-likeness (QED) is 0.0299. The van der Waals surface area contributed by atoms with Gasteiger partial charge in [-0.05, 0) is 19.3 Å². The van der Waals surface area contributed by atoms with Gasteiger partial charge in [0, 0.05) is 13.0 Å². The van der Waals surface area contributed by atoms with Gasteiger partial charge in [-0.3, -0.25) is 0 Å². The van der Waals surface area contributed by atoms with Crippen molar-refractivity contribution in [2.45, 2.75) is 217 Å². The monoisotopic (exact) mass is 685 g/mol. The van der Waals surface area contributed by atoms with E-state index in [1.807, 2.05) is 6.92 Å². The first kappa shape index (κ1) is 44.8. The number of hydrogen-bond donors (Lipinski definition) is 7. The Morgan fingerprint density at radius 2 is 1.17 bits per heavy atom. The molecular formula is C39H76N2O7. The van der Waals surface area contributed by atoms with E-state index in [9.17, 15) is 30.3 Å². The van der Waals surface area contributed by atoms with E-state index in [0.717, 1.165) is 19.3 Å². The fraction of sp³-hybridized carbons (Fsp3) is 0.923. The number of carbonyl (C=O) groups is 1. The lowest BCUT2D eigenvalue weighted by molar-refractivity contribution is -0.0624. The van der Waals surface area contributed by atoms with Crippen molar-refractivity contribution in [3.05, 3.63) is 12.2 Å². The third-order valence-corrected chi connectivity index (χ3v) is 9.89. The van der Waals surface area contributed by atoms with Crippen LogP contribution in [-0.4, -0.2) is 87.4 Å². The van der Waals surface area contributed by atoms with Gasteiger partial charge in [0.15, 0.2) is 0 Å². The number of aliphatic hydroxyl groups excluding tert-OH is 5. The Balaban J connectivity index is 2.06. The van der Waals surface area contributed by atoms with E-state index in [2.05, 4.69) is 17.6 Å². The highest BCUT2D eigenvalue weighted by Crippen LogP contribution is 2.17. The number of aliphatic hydroxyl groups is 5. The zero-order valence-electron chi connectivity index (χ0n) is 30.8. The van der Waals surface area contributed by atoms with Crippen LogP contribution in [0.25, 0.3) is 0 Å². The Morgan fingerprint density at radius 1 is 0.708 bits per heavy atom. The highest BCUT2D eigenvalue weighted by Gasteiger charge is 2.33. The lowest BCUT2D eigenvalue weighted by Crippen LogP contribution is -2.55. The Kier molecular flexibility index (Phi) is 28.5. The normalized spacial score (nSPS) is 21.5. The minimum absolute atomic E-state index is 0.0704. The van der Waals surface area contributed by atoms with Crippen molar-refractivity contribution in [2.24, 2.45) is 0 Å². The van der Waals surface area contributed by atoms with Gasteiger partial charge in [-0.25, -0.2) is 4.79 Å². The fourth-order valence-electron chi connectivity index (χ4n) is 6.47. The van der Waals surface area contributed by atoms with Gasteiger partial charge in [-0.1, -0.05) is 161 Å². The predicted molar refractivity (Wildman–Crippen MR) is 196 cm³/mol. The van der Waals surface area contributed by atoms with Crippen LogP contribution in [0.4, 0.5) is 4.79 Å². The van der Waals surface area contributed by atoms with E-state index >= 15 is 0 Å². The Hall–Kier alpha value is -1.23. The number of hydrogen-bond acceptors (Lipinski definition) is 8. The standard InChI is InChI=1S/C39H76N2O7/c1-3-5-6-7-8-9-10-11-12-13-14-15-16-17-18-19-20-21-22-23-24-25-29-48-39(47)41-34(36(44)30-32(42)4-2)31-40-33-27-26-28-35(43)38(46)37(33)45/h26-27,32-38,40,42-46H,3-25,28-31H2,1-2H3,(H,41,47). The Labute approximate surface area is 293 Å². The number of ether oxygens (including phenoxy) is 1. The molecule has 48 heavy (non-hydrogen) atoms. The minimum atomic E-state index is -1.32. The SMILES string of the molecule is CCCCCCCCCCCCCCCCCCCCCCCCOC(=O)NC(CNC1C=CCC(O)C(O)C1O)C(O)CC(O)CC. The van der Waals surface area contributed by atoms with Crippen LogP contribution in [0.2, 0.25) is 0 Å². The zero-order valence-corrected chi connectivity index (χ0v) is 30.8. The summed E-state index contributed by atoms with van der Waals surface area (Å²) in [6.45, 7) is 4.46. The number of nitrogens with one attached hydrogen (secondary N) is 2. The molecule has 0 aromatic rings. The van der Waals surface area contributed by atoms with Gasteiger partial charge in [0.05, 0.1) is 37.0 Å². The maximum absolute atomic E-state index is 12.5.